The van der Waals surface area contributed by atoms with Crippen LogP contribution in [0.25, 0.3) is 21.9 Å². The van der Waals surface area contributed by atoms with E-state index in [4.69, 9.17) is 0 Å². The Morgan fingerprint density at radius 3 is 2.69 bits per heavy atom. The van der Waals surface area contributed by atoms with Crippen molar-refractivity contribution in [3.05, 3.63) is 99.9 Å². The van der Waals surface area contributed by atoms with Crippen LogP contribution in [0, 0.1) is 0 Å². The molecule has 0 atom stereocenters. The number of rotatable bonds is 3. The smallest absolute Gasteiger partial charge is 0.255 e. The number of halogens is 1. The number of hydrogen-bond donors (Lipinski definition) is 2. The third kappa shape index (κ3) is 4.17. The number of H-pyrrole nitrogens is 1. The zero-order valence-electron chi connectivity index (χ0n) is 18.6. The quantitative estimate of drug-likeness (QED) is 0.333. The van der Waals surface area contributed by atoms with Crippen LogP contribution in [-0.2, 0) is 13.0 Å². The van der Waals surface area contributed by atoms with Gasteiger partial charge in [0, 0.05) is 46.0 Å². The Hall–Kier alpha value is -4.04. The van der Waals surface area contributed by atoms with E-state index in [1.54, 1.807) is 12.5 Å². The van der Waals surface area contributed by atoms with Crippen molar-refractivity contribution in [2.45, 2.75) is 13.0 Å². The van der Waals surface area contributed by atoms with Crippen LogP contribution < -0.4 is 5.32 Å². The zero-order chi connectivity index (χ0) is 23.9. The summed E-state index contributed by atoms with van der Waals surface area (Å²) in [6.45, 7) is 1.10. The standard InChI is InChI=1S/C27H20BrN5O2/c28-21-10-19-11-22(4-6-23(19)29-13-21)32-26(34)17-2-1-16-7-8-33(14-20(16)9-17)27(35)18-3-5-24-25(12-18)31-15-30-24/h1-6,9-13,15H,7-8,14H2,(H,30,31)(H,32,34). The molecule has 0 radical (unpaired) electrons. The average molecular weight is 526 g/mol. The molecule has 0 unspecified atom stereocenters. The minimum absolute atomic E-state index is 0.0297. The van der Waals surface area contributed by atoms with Crippen LogP contribution in [-0.4, -0.2) is 38.2 Å². The molecule has 2 N–H and O–H groups in total. The number of aromatic amines is 1. The molecule has 3 heterocycles. The maximum absolute atomic E-state index is 13.2. The van der Waals surface area contributed by atoms with Crippen molar-refractivity contribution < 1.29 is 9.59 Å². The molecule has 7 nitrogen and oxygen atoms in total. The van der Waals surface area contributed by atoms with E-state index in [9.17, 15) is 9.59 Å². The number of carbonyl (C=O) groups is 2. The molecule has 0 saturated carbocycles. The Morgan fingerprint density at radius 1 is 0.914 bits per heavy atom. The van der Waals surface area contributed by atoms with E-state index in [1.165, 1.54) is 0 Å². The molecular formula is C27H20BrN5O2. The Bertz CT molecular complexity index is 1630. The lowest BCUT2D eigenvalue weighted by Crippen LogP contribution is -2.36. The zero-order valence-corrected chi connectivity index (χ0v) is 20.2. The third-order valence-corrected chi connectivity index (χ3v) is 6.77. The minimum Gasteiger partial charge on any atom is -0.345 e. The maximum Gasteiger partial charge on any atom is 0.255 e. The molecule has 2 aromatic heterocycles. The van der Waals surface area contributed by atoms with Gasteiger partial charge < -0.3 is 15.2 Å². The number of hydrogen-bond acceptors (Lipinski definition) is 4. The number of imidazole rings is 1. The van der Waals surface area contributed by atoms with Crippen molar-refractivity contribution in [3.63, 3.8) is 0 Å². The highest BCUT2D eigenvalue weighted by Crippen LogP contribution is 2.25. The van der Waals surface area contributed by atoms with Crippen LogP contribution >= 0.6 is 15.9 Å². The number of nitrogens with zero attached hydrogens (tertiary/aromatic N) is 3. The monoisotopic (exact) mass is 525 g/mol. The van der Waals surface area contributed by atoms with Crippen LogP contribution in [0.15, 0.2) is 77.7 Å². The Labute approximate surface area is 209 Å². The summed E-state index contributed by atoms with van der Waals surface area (Å²) in [7, 11) is 0. The van der Waals surface area contributed by atoms with E-state index in [0.717, 1.165) is 44.0 Å². The Balaban J connectivity index is 1.21. The largest absolute Gasteiger partial charge is 0.345 e. The summed E-state index contributed by atoms with van der Waals surface area (Å²) >= 11 is 3.44. The fourth-order valence-corrected chi connectivity index (χ4v) is 4.86. The number of amides is 2. The van der Waals surface area contributed by atoms with Gasteiger partial charge in [0.25, 0.3) is 11.8 Å². The van der Waals surface area contributed by atoms with Gasteiger partial charge in [-0.1, -0.05) is 6.07 Å². The number of nitrogens with one attached hydrogen (secondary N) is 2. The lowest BCUT2D eigenvalue weighted by Gasteiger charge is -2.29. The highest BCUT2D eigenvalue weighted by molar-refractivity contribution is 9.10. The van der Waals surface area contributed by atoms with Gasteiger partial charge in [0.05, 0.1) is 22.9 Å². The lowest BCUT2D eigenvalue weighted by molar-refractivity contribution is 0.0735. The predicted molar refractivity (Wildman–Crippen MR) is 138 cm³/mol. The van der Waals surface area contributed by atoms with Crippen LogP contribution in [0.4, 0.5) is 5.69 Å². The van der Waals surface area contributed by atoms with Crippen LogP contribution in [0.5, 0.6) is 0 Å². The Morgan fingerprint density at radius 2 is 1.77 bits per heavy atom. The molecule has 172 valence electrons. The van der Waals surface area contributed by atoms with Crippen molar-refractivity contribution in [1.82, 2.24) is 19.9 Å². The van der Waals surface area contributed by atoms with Gasteiger partial charge in [0.15, 0.2) is 0 Å². The summed E-state index contributed by atoms with van der Waals surface area (Å²) in [5.74, 6) is -0.221. The first kappa shape index (κ1) is 21.5. The summed E-state index contributed by atoms with van der Waals surface area (Å²) in [6.07, 6.45) is 4.12. The molecule has 1 aliphatic heterocycles. The first-order chi connectivity index (χ1) is 17.0. The van der Waals surface area contributed by atoms with Crippen LogP contribution in [0.3, 0.4) is 0 Å². The number of pyridine rings is 1. The second-order valence-electron chi connectivity index (χ2n) is 8.61. The van der Waals surface area contributed by atoms with Gasteiger partial charge in [-0.2, -0.15) is 0 Å². The van der Waals surface area contributed by atoms with E-state index < -0.39 is 0 Å². The maximum atomic E-state index is 13.2. The van der Waals surface area contributed by atoms with Gasteiger partial charge in [0.2, 0.25) is 0 Å². The molecule has 0 saturated heterocycles. The molecular weight excluding hydrogens is 506 g/mol. The fraction of sp³-hybridized carbons (Fsp3) is 0.111. The predicted octanol–water partition coefficient (Wildman–Crippen LogP) is 5.32. The molecule has 0 spiro atoms. The van der Waals surface area contributed by atoms with Gasteiger partial charge in [-0.3, -0.25) is 14.6 Å². The first-order valence-electron chi connectivity index (χ1n) is 11.2. The molecule has 1 aliphatic rings. The second-order valence-corrected chi connectivity index (χ2v) is 9.53. The van der Waals surface area contributed by atoms with Gasteiger partial charge >= 0.3 is 0 Å². The second kappa shape index (κ2) is 8.63. The fourth-order valence-electron chi connectivity index (χ4n) is 4.51. The summed E-state index contributed by atoms with van der Waals surface area (Å²) in [6, 6.07) is 18.8. The topological polar surface area (TPSA) is 91.0 Å². The van der Waals surface area contributed by atoms with Crippen LogP contribution in [0.2, 0.25) is 0 Å². The molecule has 8 heteroatoms. The summed E-state index contributed by atoms with van der Waals surface area (Å²) in [5.41, 5.74) is 6.56. The van der Waals surface area contributed by atoms with E-state index in [0.29, 0.717) is 29.9 Å². The van der Waals surface area contributed by atoms with Gasteiger partial charge in [-0.25, -0.2) is 4.98 Å². The number of benzene rings is 3. The van der Waals surface area contributed by atoms with E-state index >= 15 is 0 Å². The summed E-state index contributed by atoms with van der Waals surface area (Å²) in [5, 5.41) is 3.91. The summed E-state index contributed by atoms with van der Waals surface area (Å²) < 4.78 is 0.881. The highest BCUT2D eigenvalue weighted by Gasteiger charge is 2.23. The molecule has 5 aromatic rings. The molecule has 0 bridgehead atoms. The molecule has 2 amide bonds. The van der Waals surface area contributed by atoms with Crippen LogP contribution in [0.1, 0.15) is 31.8 Å². The number of aromatic nitrogens is 3. The van der Waals surface area contributed by atoms with Crippen molar-refractivity contribution in [1.29, 1.82) is 0 Å². The number of anilines is 1. The van der Waals surface area contributed by atoms with Gasteiger partial charge in [-0.15, -0.1) is 0 Å². The van der Waals surface area contributed by atoms with Crippen molar-refractivity contribution in [2.75, 3.05) is 11.9 Å². The van der Waals surface area contributed by atoms with Gasteiger partial charge in [-0.05, 0) is 88.1 Å². The van der Waals surface area contributed by atoms with E-state index in [-0.39, 0.29) is 11.8 Å². The molecule has 0 aliphatic carbocycles. The third-order valence-electron chi connectivity index (χ3n) is 6.34. The molecule has 35 heavy (non-hydrogen) atoms. The van der Waals surface area contributed by atoms with Gasteiger partial charge in [0.1, 0.15) is 0 Å². The van der Waals surface area contributed by atoms with Crippen molar-refractivity contribution in [2.24, 2.45) is 0 Å². The molecule has 0 fully saturated rings. The minimum atomic E-state index is -0.191. The number of carbonyl (C=O) groups excluding carboxylic acids is 2. The highest BCUT2D eigenvalue weighted by atomic mass is 79.9. The lowest BCUT2D eigenvalue weighted by atomic mass is 9.96. The van der Waals surface area contributed by atoms with Crippen molar-refractivity contribution in [3.8, 4) is 0 Å². The molecule has 6 rings (SSSR count). The Kier molecular flexibility index (Phi) is 5.30. The molecule has 3 aromatic carbocycles. The van der Waals surface area contributed by atoms with Crippen molar-refractivity contribution >= 4 is 55.4 Å². The normalized spacial score (nSPS) is 13.1. The van der Waals surface area contributed by atoms with E-state index in [1.807, 2.05) is 65.6 Å². The van der Waals surface area contributed by atoms with E-state index in [2.05, 4.69) is 36.2 Å². The number of fused-ring (bicyclic) bond motifs is 3. The first-order valence-corrected chi connectivity index (χ1v) is 12.0. The summed E-state index contributed by atoms with van der Waals surface area (Å²) in [4.78, 5) is 39.6. The average Bonchev–Trinajstić information content (AvgIpc) is 3.35. The SMILES string of the molecule is O=C(Nc1ccc2ncc(Br)cc2c1)c1ccc2c(c1)CN(C(=O)c1ccc3nc[nH]c3c1)CC2.